The van der Waals surface area contributed by atoms with Crippen LogP contribution < -0.4 is 9.47 Å². The Labute approximate surface area is 177 Å². The quantitative estimate of drug-likeness (QED) is 0.723. The molecule has 1 saturated heterocycles. The van der Waals surface area contributed by atoms with E-state index in [0.717, 1.165) is 42.8 Å². The average Bonchev–Trinajstić information content (AvgIpc) is 3.06. The molecule has 162 valence electrons. The molecule has 1 spiro atoms. The Hall–Kier alpha value is -2.51. The summed E-state index contributed by atoms with van der Waals surface area (Å²) in [6, 6.07) is 8.79. The van der Waals surface area contributed by atoms with E-state index in [4.69, 9.17) is 9.47 Å². The third-order valence-electron chi connectivity index (χ3n) is 7.51. The third kappa shape index (κ3) is 2.62. The smallest absolute Gasteiger partial charge is 0.416 e. The number of piperidine rings is 1. The SMILES string of the molecule is CN1CCC23c4c5cc(Oc6ccc(C(F)(F)F)cc6)cc4OC2C(O)C=CC3C1C5. The van der Waals surface area contributed by atoms with E-state index in [1.165, 1.54) is 17.7 Å². The van der Waals surface area contributed by atoms with Crippen LogP contribution in [-0.4, -0.2) is 41.8 Å². The number of ether oxygens (including phenoxy) is 2. The molecule has 0 aromatic heterocycles. The number of halogens is 3. The van der Waals surface area contributed by atoms with Crippen LogP contribution in [-0.2, 0) is 18.0 Å². The molecule has 7 heteroatoms. The maximum Gasteiger partial charge on any atom is 0.416 e. The van der Waals surface area contributed by atoms with E-state index in [2.05, 4.69) is 18.0 Å². The van der Waals surface area contributed by atoms with Crippen LogP contribution in [0.3, 0.4) is 0 Å². The summed E-state index contributed by atoms with van der Waals surface area (Å²) in [7, 11) is 2.13. The monoisotopic (exact) mass is 429 g/mol. The molecule has 2 aromatic carbocycles. The molecule has 0 amide bonds. The highest BCUT2D eigenvalue weighted by Crippen LogP contribution is 2.61. The van der Waals surface area contributed by atoms with Crippen molar-refractivity contribution in [2.45, 2.75) is 42.7 Å². The van der Waals surface area contributed by atoms with Gasteiger partial charge in [0.1, 0.15) is 29.5 Å². The van der Waals surface area contributed by atoms with Crippen LogP contribution in [0.4, 0.5) is 13.2 Å². The van der Waals surface area contributed by atoms with E-state index in [-0.39, 0.29) is 17.4 Å². The highest BCUT2D eigenvalue weighted by atomic mass is 19.4. The molecule has 1 fully saturated rings. The summed E-state index contributed by atoms with van der Waals surface area (Å²) in [6.07, 6.45) is 0.398. The van der Waals surface area contributed by atoms with Gasteiger partial charge >= 0.3 is 6.18 Å². The number of nitrogens with zero attached hydrogens (tertiary/aromatic N) is 1. The molecule has 5 unspecified atom stereocenters. The summed E-state index contributed by atoms with van der Waals surface area (Å²) in [6.45, 7) is 0.949. The van der Waals surface area contributed by atoms with E-state index in [1.807, 2.05) is 18.2 Å². The Kier molecular flexibility index (Phi) is 3.88. The normalized spacial score (nSPS) is 33.1. The molecule has 5 atom stereocenters. The van der Waals surface area contributed by atoms with Crippen molar-refractivity contribution in [2.24, 2.45) is 5.92 Å². The lowest BCUT2D eigenvalue weighted by Crippen LogP contribution is -2.64. The van der Waals surface area contributed by atoms with Crippen LogP contribution in [0.25, 0.3) is 0 Å². The molecule has 2 bridgehead atoms. The van der Waals surface area contributed by atoms with Gasteiger partial charge in [-0.05, 0) is 62.3 Å². The number of aliphatic hydroxyl groups is 1. The fourth-order valence-corrected chi connectivity index (χ4v) is 6.17. The highest BCUT2D eigenvalue weighted by Gasteiger charge is 2.63. The van der Waals surface area contributed by atoms with Gasteiger partial charge in [0.15, 0.2) is 0 Å². The van der Waals surface area contributed by atoms with Crippen LogP contribution >= 0.6 is 0 Å². The van der Waals surface area contributed by atoms with Crippen LogP contribution in [0.15, 0.2) is 48.6 Å². The second-order valence-electron chi connectivity index (χ2n) is 9.06. The number of likely N-dealkylation sites (N-methyl/N-ethyl adjacent to an activating group) is 1. The molecule has 1 N–H and O–H groups in total. The number of likely N-dealkylation sites (tertiary alicyclic amines) is 1. The van der Waals surface area contributed by atoms with Crippen molar-refractivity contribution in [3.63, 3.8) is 0 Å². The van der Waals surface area contributed by atoms with Crippen LogP contribution in [0.5, 0.6) is 17.2 Å². The summed E-state index contributed by atoms with van der Waals surface area (Å²) < 4.78 is 50.7. The number of hydrogen-bond donors (Lipinski definition) is 1. The van der Waals surface area contributed by atoms with Gasteiger partial charge in [0.2, 0.25) is 0 Å². The maximum absolute atomic E-state index is 12.8. The molecule has 2 aromatic rings. The number of benzene rings is 2. The van der Waals surface area contributed by atoms with E-state index in [1.54, 1.807) is 0 Å². The van der Waals surface area contributed by atoms with Gasteiger partial charge in [0.25, 0.3) is 0 Å². The second kappa shape index (κ2) is 6.26. The van der Waals surface area contributed by atoms with Gasteiger partial charge in [0, 0.05) is 29.0 Å². The first-order chi connectivity index (χ1) is 14.8. The molecule has 4 nitrogen and oxygen atoms in total. The zero-order chi connectivity index (χ0) is 21.5. The molecule has 4 aliphatic rings. The first kappa shape index (κ1) is 19.2. The van der Waals surface area contributed by atoms with Gasteiger partial charge in [-0.15, -0.1) is 0 Å². The Morgan fingerprint density at radius 2 is 1.90 bits per heavy atom. The van der Waals surface area contributed by atoms with Crippen molar-refractivity contribution in [3.8, 4) is 17.2 Å². The summed E-state index contributed by atoms with van der Waals surface area (Å²) in [5.41, 5.74) is 1.37. The van der Waals surface area contributed by atoms with Crippen molar-refractivity contribution in [2.75, 3.05) is 13.6 Å². The van der Waals surface area contributed by atoms with Crippen LogP contribution in [0, 0.1) is 5.92 Å². The predicted molar refractivity (Wildman–Crippen MR) is 107 cm³/mol. The lowest BCUT2D eigenvalue weighted by Gasteiger charge is -2.56. The zero-order valence-corrected chi connectivity index (χ0v) is 16.9. The topological polar surface area (TPSA) is 41.9 Å². The fourth-order valence-electron chi connectivity index (χ4n) is 6.17. The summed E-state index contributed by atoms with van der Waals surface area (Å²) in [5, 5.41) is 10.7. The van der Waals surface area contributed by atoms with Gasteiger partial charge in [-0.25, -0.2) is 0 Å². The summed E-state index contributed by atoms with van der Waals surface area (Å²) in [5.74, 6) is 1.88. The van der Waals surface area contributed by atoms with Gasteiger partial charge in [-0.2, -0.15) is 13.2 Å². The molecule has 2 aliphatic carbocycles. The van der Waals surface area contributed by atoms with Gasteiger partial charge < -0.3 is 19.5 Å². The molecule has 2 heterocycles. The Morgan fingerprint density at radius 1 is 1.13 bits per heavy atom. The summed E-state index contributed by atoms with van der Waals surface area (Å²) in [4.78, 5) is 2.37. The fraction of sp³-hybridized carbons (Fsp3) is 0.417. The van der Waals surface area contributed by atoms with Crippen LogP contribution in [0.2, 0.25) is 0 Å². The number of alkyl halides is 3. The van der Waals surface area contributed by atoms with Crippen molar-refractivity contribution in [1.82, 2.24) is 4.90 Å². The molecule has 0 saturated carbocycles. The first-order valence-electron chi connectivity index (χ1n) is 10.5. The minimum Gasteiger partial charge on any atom is -0.486 e. The summed E-state index contributed by atoms with van der Waals surface area (Å²) >= 11 is 0. The van der Waals surface area contributed by atoms with Crippen molar-refractivity contribution in [3.05, 3.63) is 65.2 Å². The van der Waals surface area contributed by atoms with E-state index in [0.29, 0.717) is 17.5 Å². The first-order valence-corrected chi connectivity index (χ1v) is 10.5. The number of aliphatic hydroxyl groups excluding tert-OH is 1. The Morgan fingerprint density at radius 3 is 2.65 bits per heavy atom. The van der Waals surface area contributed by atoms with Crippen LogP contribution in [0.1, 0.15) is 23.1 Å². The third-order valence-corrected chi connectivity index (χ3v) is 7.51. The predicted octanol–water partition coefficient (Wildman–Crippen LogP) is 4.30. The minimum absolute atomic E-state index is 0.235. The van der Waals surface area contributed by atoms with Crippen molar-refractivity contribution in [1.29, 1.82) is 0 Å². The Bertz CT molecular complexity index is 1080. The molecule has 0 radical (unpaired) electrons. The number of hydrogen-bond acceptors (Lipinski definition) is 4. The van der Waals surface area contributed by atoms with Crippen molar-refractivity contribution < 1.29 is 27.8 Å². The molecule has 31 heavy (non-hydrogen) atoms. The zero-order valence-electron chi connectivity index (χ0n) is 16.9. The standard InChI is InChI=1S/C24H22F3NO3/c1-28-9-8-23-17-6-7-19(29)22(23)31-20-12-16(10-13(21(20)23)11-18(17)28)30-15-4-2-14(3-5-15)24(25,26)27/h2-7,10,12,17-19,22,29H,8-9,11H2,1H3. The van der Waals surface area contributed by atoms with Crippen molar-refractivity contribution >= 4 is 0 Å². The minimum atomic E-state index is -4.38. The van der Waals surface area contributed by atoms with Gasteiger partial charge in [0.05, 0.1) is 5.56 Å². The molecule has 6 rings (SSSR count). The van der Waals surface area contributed by atoms with Gasteiger partial charge in [-0.1, -0.05) is 12.2 Å². The molecular weight excluding hydrogens is 407 g/mol. The van der Waals surface area contributed by atoms with E-state index < -0.39 is 17.8 Å². The lowest BCUT2D eigenvalue weighted by molar-refractivity contribution is -0.137. The largest absolute Gasteiger partial charge is 0.486 e. The maximum atomic E-state index is 12.8. The highest BCUT2D eigenvalue weighted by molar-refractivity contribution is 5.59. The average molecular weight is 429 g/mol. The lowest BCUT2D eigenvalue weighted by atomic mass is 9.53. The second-order valence-corrected chi connectivity index (χ2v) is 9.06. The van der Waals surface area contributed by atoms with Gasteiger partial charge in [-0.3, -0.25) is 0 Å². The van der Waals surface area contributed by atoms with E-state index in [9.17, 15) is 18.3 Å². The van der Waals surface area contributed by atoms with E-state index >= 15 is 0 Å². The Balaban J connectivity index is 1.40. The molecular formula is C24H22F3NO3. The molecule has 2 aliphatic heterocycles. The number of rotatable bonds is 2.